The molecule has 1 aliphatic heterocycles. The first-order valence-corrected chi connectivity index (χ1v) is 8.07. The Morgan fingerprint density at radius 1 is 1.46 bits per heavy atom. The van der Waals surface area contributed by atoms with Crippen LogP contribution in [0.3, 0.4) is 0 Å². The predicted molar refractivity (Wildman–Crippen MR) is 87.2 cm³/mol. The lowest BCUT2D eigenvalue weighted by Crippen LogP contribution is -2.36. The summed E-state index contributed by atoms with van der Waals surface area (Å²) >= 11 is 0. The maximum absolute atomic E-state index is 12.1. The number of hydrogen-bond acceptors (Lipinski definition) is 6. The van der Waals surface area contributed by atoms with Crippen molar-refractivity contribution in [3.8, 4) is 0 Å². The maximum Gasteiger partial charge on any atom is 0.347 e. The lowest BCUT2D eigenvalue weighted by molar-refractivity contribution is -0.168. The molecule has 24 heavy (non-hydrogen) atoms. The maximum atomic E-state index is 12.1. The molecule has 7 nitrogen and oxygen atoms in total. The number of carbonyl (C=O) groups is 2. The predicted octanol–water partition coefficient (Wildman–Crippen LogP) is 1.56. The average Bonchev–Trinajstić information content (AvgIpc) is 3.13. The van der Waals surface area contributed by atoms with E-state index in [1.807, 2.05) is 20.9 Å². The van der Waals surface area contributed by atoms with Crippen molar-refractivity contribution in [2.75, 3.05) is 19.8 Å². The van der Waals surface area contributed by atoms with Gasteiger partial charge < -0.3 is 14.2 Å². The number of hydrogen-bond donors (Lipinski definition) is 0. The second-order valence-electron chi connectivity index (χ2n) is 5.77. The van der Waals surface area contributed by atoms with Gasteiger partial charge in [-0.05, 0) is 33.3 Å². The van der Waals surface area contributed by atoms with Crippen molar-refractivity contribution in [3.63, 3.8) is 0 Å². The molecule has 0 radical (unpaired) electrons. The van der Waals surface area contributed by atoms with Crippen molar-refractivity contribution >= 4 is 18.0 Å². The van der Waals surface area contributed by atoms with Gasteiger partial charge in [-0.25, -0.2) is 9.59 Å². The van der Waals surface area contributed by atoms with Gasteiger partial charge in [0.15, 0.2) is 0 Å². The largest absolute Gasteiger partial charge is 0.463 e. The van der Waals surface area contributed by atoms with E-state index in [0.29, 0.717) is 19.6 Å². The normalized spacial score (nSPS) is 18.8. The summed E-state index contributed by atoms with van der Waals surface area (Å²) in [5.74, 6) is -1.27. The molecule has 2 heterocycles. The van der Waals surface area contributed by atoms with Gasteiger partial charge in [0.05, 0.1) is 18.9 Å². The van der Waals surface area contributed by atoms with Crippen LogP contribution in [-0.4, -0.2) is 47.6 Å². The number of ether oxygens (including phenoxy) is 3. The SMILES string of the molecule is CCOC(=O)[C@H](OC(=O)/C=C\c1c(C)nn(C)c1C)[C@@H]1CCOC1. The van der Waals surface area contributed by atoms with Gasteiger partial charge in [0, 0.05) is 36.9 Å². The molecule has 1 aromatic rings. The molecule has 0 bridgehead atoms. The highest BCUT2D eigenvalue weighted by atomic mass is 16.6. The Morgan fingerprint density at radius 3 is 2.75 bits per heavy atom. The van der Waals surface area contributed by atoms with Crippen LogP contribution in [0, 0.1) is 19.8 Å². The summed E-state index contributed by atoms with van der Waals surface area (Å²) in [7, 11) is 1.84. The molecule has 1 aromatic heterocycles. The van der Waals surface area contributed by atoms with Crippen LogP contribution in [0.2, 0.25) is 0 Å². The van der Waals surface area contributed by atoms with Crippen molar-refractivity contribution in [2.24, 2.45) is 13.0 Å². The summed E-state index contributed by atoms with van der Waals surface area (Å²) < 4.78 is 17.4. The molecular formula is C17H24N2O5. The fraction of sp³-hybridized carbons (Fsp3) is 0.588. The number of aryl methyl sites for hydroxylation is 2. The Kier molecular flexibility index (Phi) is 6.14. The second-order valence-corrected chi connectivity index (χ2v) is 5.77. The molecule has 132 valence electrons. The minimum absolute atomic E-state index is 0.164. The quantitative estimate of drug-likeness (QED) is 0.579. The van der Waals surface area contributed by atoms with E-state index in [0.717, 1.165) is 17.0 Å². The standard InChI is InChI=1S/C17H24N2O5/c1-5-23-17(21)16(13-8-9-22-10-13)24-15(20)7-6-14-11(2)18-19(4)12(14)3/h6-7,13,16H,5,8-10H2,1-4H3/b7-6-/t13-,16-/m1/s1. The van der Waals surface area contributed by atoms with Gasteiger partial charge in [-0.3, -0.25) is 4.68 Å². The van der Waals surface area contributed by atoms with Crippen LogP contribution in [0.25, 0.3) is 6.08 Å². The Labute approximate surface area is 141 Å². The highest BCUT2D eigenvalue weighted by Gasteiger charge is 2.35. The van der Waals surface area contributed by atoms with E-state index in [9.17, 15) is 9.59 Å². The van der Waals surface area contributed by atoms with Gasteiger partial charge in [0.1, 0.15) is 0 Å². The monoisotopic (exact) mass is 336 g/mol. The van der Waals surface area contributed by atoms with Crippen molar-refractivity contribution in [1.82, 2.24) is 9.78 Å². The molecule has 1 aliphatic rings. The van der Waals surface area contributed by atoms with E-state index >= 15 is 0 Å². The molecule has 0 N–H and O–H groups in total. The number of nitrogens with zero attached hydrogens (tertiary/aromatic N) is 2. The number of aromatic nitrogens is 2. The van der Waals surface area contributed by atoms with Crippen LogP contribution in [-0.2, 0) is 30.8 Å². The van der Waals surface area contributed by atoms with E-state index < -0.39 is 18.0 Å². The summed E-state index contributed by atoms with van der Waals surface area (Å²) in [6.07, 6.45) is 2.72. The first kappa shape index (κ1) is 18.2. The average molecular weight is 336 g/mol. The lowest BCUT2D eigenvalue weighted by atomic mass is 10.0. The molecule has 0 aliphatic carbocycles. The van der Waals surface area contributed by atoms with Crippen LogP contribution in [0.1, 0.15) is 30.3 Å². The van der Waals surface area contributed by atoms with E-state index in [2.05, 4.69) is 5.10 Å². The van der Waals surface area contributed by atoms with E-state index in [1.54, 1.807) is 17.7 Å². The zero-order valence-corrected chi connectivity index (χ0v) is 14.6. The van der Waals surface area contributed by atoms with Crippen LogP contribution >= 0.6 is 0 Å². The zero-order valence-electron chi connectivity index (χ0n) is 14.6. The van der Waals surface area contributed by atoms with Gasteiger partial charge in [0.25, 0.3) is 0 Å². The fourth-order valence-electron chi connectivity index (χ4n) is 2.70. The highest BCUT2D eigenvalue weighted by molar-refractivity contribution is 5.89. The van der Waals surface area contributed by atoms with Gasteiger partial charge in [-0.2, -0.15) is 5.10 Å². The lowest BCUT2D eigenvalue weighted by Gasteiger charge is -2.20. The molecule has 0 unspecified atom stereocenters. The summed E-state index contributed by atoms with van der Waals surface area (Å²) in [6, 6.07) is 0. The van der Waals surface area contributed by atoms with Crippen LogP contribution in [0.15, 0.2) is 6.08 Å². The minimum atomic E-state index is -0.930. The van der Waals surface area contributed by atoms with Gasteiger partial charge in [-0.1, -0.05) is 0 Å². The third kappa shape index (κ3) is 4.23. The Balaban J connectivity index is 2.06. The van der Waals surface area contributed by atoms with Crippen LogP contribution < -0.4 is 0 Å². The highest BCUT2D eigenvalue weighted by Crippen LogP contribution is 2.21. The fourth-order valence-corrected chi connectivity index (χ4v) is 2.70. The number of esters is 2. The van der Waals surface area contributed by atoms with E-state index in [4.69, 9.17) is 14.2 Å². The molecule has 0 aromatic carbocycles. The summed E-state index contributed by atoms with van der Waals surface area (Å²) in [5.41, 5.74) is 2.64. The van der Waals surface area contributed by atoms with Gasteiger partial charge >= 0.3 is 11.9 Å². The summed E-state index contributed by atoms with van der Waals surface area (Å²) in [6.45, 7) is 6.70. The summed E-state index contributed by atoms with van der Waals surface area (Å²) in [5, 5.41) is 4.29. The van der Waals surface area contributed by atoms with Crippen molar-refractivity contribution in [2.45, 2.75) is 33.3 Å². The summed E-state index contributed by atoms with van der Waals surface area (Å²) in [4.78, 5) is 24.2. The molecule has 1 saturated heterocycles. The Hall–Kier alpha value is -2.15. The van der Waals surface area contributed by atoms with Gasteiger partial charge in [0.2, 0.25) is 6.10 Å². The minimum Gasteiger partial charge on any atom is -0.463 e. The molecule has 0 saturated carbocycles. The number of carbonyl (C=O) groups excluding carboxylic acids is 2. The smallest absolute Gasteiger partial charge is 0.347 e. The molecule has 2 rings (SSSR count). The first-order chi connectivity index (χ1) is 11.4. The van der Waals surface area contributed by atoms with Crippen molar-refractivity contribution < 1.29 is 23.8 Å². The zero-order chi connectivity index (χ0) is 17.7. The molecule has 0 amide bonds. The number of rotatable bonds is 6. The molecule has 1 fully saturated rings. The third-order valence-electron chi connectivity index (χ3n) is 4.11. The van der Waals surface area contributed by atoms with Crippen molar-refractivity contribution in [1.29, 1.82) is 0 Å². The van der Waals surface area contributed by atoms with Gasteiger partial charge in [-0.15, -0.1) is 0 Å². The van der Waals surface area contributed by atoms with E-state index in [1.165, 1.54) is 6.08 Å². The van der Waals surface area contributed by atoms with Crippen LogP contribution in [0.5, 0.6) is 0 Å². The van der Waals surface area contributed by atoms with Crippen molar-refractivity contribution in [3.05, 3.63) is 23.0 Å². The third-order valence-corrected chi connectivity index (χ3v) is 4.11. The molecular weight excluding hydrogens is 312 g/mol. The molecule has 7 heteroatoms. The van der Waals surface area contributed by atoms with E-state index in [-0.39, 0.29) is 12.5 Å². The Bertz CT molecular complexity index is 629. The molecule has 0 spiro atoms. The Morgan fingerprint density at radius 2 is 2.21 bits per heavy atom. The first-order valence-electron chi connectivity index (χ1n) is 8.07. The second kappa shape index (κ2) is 8.10. The topological polar surface area (TPSA) is 79.7 Å². The molecule has 2 atom stereocenters. The van der Waals surface area contributed by atoms with Crippen LogP contribution in [0.4, 0.5) is 0 Å².